The molecule has 0 aromatic rings. The molecule has 0 aliphatic rings. The molecule has 1 N–H and O–H groups in total. The fourth-order valence-corrected chi connectivity index (χ4v) is 2.37. The van der Waals surface area contributed by atoms with E-state index in [0.717, 1.165) is 11.8 Å². The molecule has 0 saturated carbocycles. The van der Waals surface area contributed by atoms with Gasteiger partial charge in [0.2, 0.25) is 0 Å². The van der Waals surface area contributed by atoms with Crippen molar-refractivity contribution in [2.75, 3.05) is 13.1 Å². The molecule has 0 fully saturated rings. The van der Waals surface area contributed by atoms with Crippen LogP contribution in [0.5, 0.6) is 0 Å². The van der Waals surface area contributed by atoms with Crippen molar-refractivity contribution in [3.8, 4) is 0 Å². The maximum absolute atomic E-state index is 3.62. The first-order valence-electron chi connectivity index (χ1n) is 7.91. The van der Waals surface area contributed by atoms with E-state index in [9.17, 15) is 0 Å². The highest BCUT2D eigenvalue weighted by atomic mass is 14.9. The molecule has 0 aliphatic carbocycles. The van der Waals surface area contributed by atoms with Crippen LogP contribution >= 0.6 is 0 Å². The molecule has 0 saturated heterocycles. The van der Waals surface area contributed by atoms with Crippen molar-refractivity contribution in [3.05, 3.63) is 0 Å². The number of hydrogen-bond acceptors (Lipinski definition) is 1. The second-order valence-corrected chi connectivity index (χ2v) is 5.91. The van der Waals surface area contributed by atoms with Crippen LogP contribution in [-0.2, 0) is 0 Å². The Morgan fingerprint density at radius 1 is 0.765 bits per heavy atom. The van der Waals surface area contributed by atoms with Gasteiger partial charge in [0.1, 0.15) is 0 Å². The van der Waals surface area contributed by atoms with E-state index in [1.54, 1.807) is 0 Å². The van der Waals surface area contributed by atoms with Gasteiger partial charge in [-0.05, 0) is 37.8 Å². The molecule has 0 heterocycles. The van der Waals surface area contributed by atoms with Gasteiger partial charge in [-0.15, -0.1) is 0 Å². The Balaban J connectivity index is 3.52. The fraction of sp³-hybridized carbons (Fsp3) is 1.00. The maximum Gasteiger partial charge on any atom is -0.00204 e. The molecule has 0 rings (SSSR count). The molecule has 1 unspecified atom stereocenters. The van der Waals surface area contributed by atoms with Crippen molar-refractivity contribution in [1.82, 2.24) is 5.32 Å². The largest absolute Gasteiger partial charge is 0.316 e. The quantitative estimate of drug-likeness (QED) is 0.474. The lowest BCUT2D eigenvalue weighted by Gasteiger charge is -2.17. The predicted molar refractivity (Wildman–Crippen MR) is 79.5 cm³/mol. The van der Waals surface area contributed by atoms with Gasteiger partial charge in [-0.3, -0.25) is 0 Å². The lowest BCUT2D eigenvalue weighted by molar-refractivity contribution is 0.385. The van der Waals surface area contributed by atoms with Gasteiger partial charge in [0.15, 0.2) is 0 Å². The Kier molecular flexibility index (Phi) is 12.4. The molecule has 1 atom stereocenters. The third-order valence-electron chi connectivity index (χ3n) is 3.40. The summed E-state index contributed by atoms with van der Waals surface area (Å²) in [7, 11) is 0. The van der Waals surface area contributed by atoms with Gasteiger partial charge in [0.25, 0.3) is 0 Å². The van der Waals surface area contributed by atoms with E-state index in [-0.39, 0.29) is 0 Å². The summed E-state index contributed by atoms with van der Waals surface area (Å²) in [6.45, 7) is 11.6. The van der Waals surface area contributed by atoms with Gasteiger partial charge in [-0.2, -0.15) is 0 Å². The van der Waals surface area contributed by atoms with Crippen molar-refractivity contribution in [3.63, 3.8) is 0 Å². The standard InChI is InChI=1S/C16H35N/c1-5-7-8-9-10-12-16(11-6-2)14-17-13-15(3)4/h15-17H,5-14H2,1-4H3. The highest BCUT2D eigenvalue weighted by molar-refractivity contribution is 4.63. The molecule has 0 spiro atoms. The lowest BCUT2D eigenvalue weighted by atomic mass is 9.96. The number of rotatable bonds is 12. The highest BCUT2D eigenvalue weighted by Crippen LogP contribution is 2.16. The van der Waals surface area contributed by atoms with E-state index in [2.05, 4.69) is 33.0 Å². The molecular formula is C16H35N. The minimum Gasteiger partial charge on any atom is -0.316 e. The summed E-state index contributed by atoms with van der Waals surface area (Å²) in [4.78, 5) is 0. The first kappa shape index (κ1) is 17.0. The molecule has 17 heavy (non-hydrogen) atoms. The zero-order chi connectivity index (χ0) is 12.9. The molecule has 0 radical (unpaired) electrons. The first-order valence-corrected chi connectivity index (χ1v) is 7.91. The summed E-state index contributed by atoms with van der Waals surface area (Å²) in [5.41, 5.74) is 0. The third-order valence-corrected chi connectivity index (χ3v) is 3.40. The van der Waals surface area contributed by atoms with Crippen LogP contribution in [0.4, 0.5) is 0 Å². The van der Waals surface area contributed by atoms with Gasteiger partial charge in [-0.25, -0.2) is 0 Å². The van der Waals surface area contributed by atoms with Crippen molar-refractivity contribution in [2.24, 2.45) is 11.8 Å². The summed E-state index contributed by atoms with van der Waals surface area (Å²) in [5.74, 6) is 1.70. The molecule has 0 aromatic carbocycles. The van der Waals surface area contributed by atoms with Gasteiger partial charge in [0.05, 0.1) is 0 Å². The Morgan fingerprint density at radius 3 is 2.06 bits per heavy atom. The number of unbranched alkanes of at least 4 members (excludes halogenated alkanes) is 4. The first-order chi connectivity index (χ1) is 8.20. The minimum atomic E-state index is 0.779. The van der Waals surface area contributed by atoms with Crippen LogP contribution in [0.1, 0.15) is 79.1 Å². The second kappa shape index (κ2) is 12.4. The number of nitrogens with one attached hydrogen (secondary N) is 1. The van der Waals surface area contributed by atoms with E-state index in [4.69, 9.17) is 0 Å². The van der Waals surface area contributed by atoms with Gasteiger partial charge in [0, 0.05) is 0 Å². The molecule has 0 aromatic heterocycles. The molecule has 0 bridgehead atoms. The molecule has 0 amide bonds. The van der Waals surface area contributed by atoms with Gasteiger partial charge in [-0.1, -0.05) is 66.2 Å². The van der Waals surface area contributed by atoms with E-state index < -0.39 is 0 Å². The van der Waals surface area contributed by atoms with Crippen molar-refractivity contribution >= 4 is 0 Å². The van der Waals surface area contributed by atoms with Crippen LogP contribution in [-0.4, -0.2) is 13.1 Å². The topological polar surface area (TPSA) is 12.0 Å². The summed E-state index contributed by atoms with van der Waals surface area (Å²) in [6.07, 6.45) is 11.3. The van der Waals surface area contributed by atoms with E-state index >= 15 is 0 Å². The van der Waals surface area contributed by atoms with Gasteiger partial charge < -0.3 is 5.32 Å². The fourth-order valence-electron chi connectivity index (χ4n) is 2.37. The molecular weight excluding hydrogens is 206 g/mol. The molecule has 0 aliphatic heterocycles. The number of hydrogen-bond donors (Lipinski definition) is 1. The Morgan fingerprint density at radius 2 is 1.47 bits per heavy atom. The lowest BCUT2D eigenvalue weighted by Crippen LogP contribution is -2.26. The third kappa shape index (κ3) is 12.2. The maximum atomic E-state index is 3.62. The van der Waals surface area contributed by atoms with Gasteiger partial charge >= 0.3 is 0 Å². The second-order valence-electron chi connectivity index (χ2n) is 5.91. The molecule has 1 heteroatoms. The summed E-state index contributed by atoms with van der Waals surface area (Å²) < 4.78 is 0. The summed E-state index contributed by atoms with van der Waals surface area (Å²) in [6, 6.07) is 0. The van der Waals surface area contributed by atoms with Crippen molar-refractivity contribution in [2.45, 2.75) is 79.1 Å². The SMILES string of the molecule is CCCCCCCC(CCC)CNCC(C)C. The van der Waals surface area contributed by atoms with E-state index in [1.165, 1.54) is 64.5 Å². The zero-order valence-corrected chi connectivity index (χ0v) is 12.7. The summed E-state index contributed by atoms with van der Waals surface area (Å²) in [5, 5.41) is 3.62. The van der Waals surface area contributed by atoms with Crippen LogP contribution < -0.4 is 5.32 Å². The smallest absolute Gasteiger partial charge is 0.00204 e. The van der Waals surface area contributed by atoms with Crippen LogP contribution in [0.3, 0.4) is 0 Å². The van der Waals surface area contributed by atoms with E-state index in [1.807, 2.05) is 0 Å². The van der Waals surface area contributed by atoms with Crippen molar-refractivity contribution in [1.29, 1.82) is 0 Å². The molecule has 1 nitrogen and oxygen atoms in total. The Hall–Kier alpha value is -0.0400. The normalized spacial score (nSPS) is 13.2. The zero-order valence-electron chi connectivity index (χ0n) is 12.7. The molecule has 104 valence electrons. The minimum absolute atomic E-state index is 0.779. The Bertz CT molecular complexity index is 142. The Labute approximate surface area is 110 Å². The predicted octanol–water partition coefficient (Wildman–Crippen LogP) is 5.01. The average Bonchev–Trinajstić information content (AvgIpc) is 2.28. The van der Waals surface area contributed by atoms with Crippen LogP contribution in [0.15, 0.2) is 0 Å². The van der Waals surface area contributed by atoms with Crippen LogP contribution in [0.25, 0.3) is 0 Å². The van der Waals surface area contributed by atoms with Crippen molar-refractivity contribution < 1.29 is 0 Å². The van der Waals surface area contributed by atoms with Crippen LogP contribution in [0, 0.1) is 11.8 Å². The van der Waals surface area contributed by atoms with E-state index in [0.29, 0.717) is 0 Å². The van der Waals surface area contributed by atoms with Crippen LogP contribution in [0.2, 0.25) is 0 Å². The summed E-state index contributed by atoms with van der Waals surface area (Å²) >= 11 is 0. The average molecular weight is 241 g/mol. The highest BCUT2D eigenvalue weighted by Gasteiger charge is 2.07. The monoisotopic (exact) mass is 241 g/mol.